The molecular weight excluding hydrogens is 164 g/mol. The molecule has 0 amide bonds. The van der Waals surface area contributed by atoms with E-state index < -0.39 is 0 Å². The summed E-state index contributed by atoms with van der Waals surface area (Å²) in [6.07, 6.45) is 1.91. The predicted molar refractivity (Wildman–Crippen MR) is 51.6 cm³/mol. The lowest BCUT2D eigenvalue weighted by Crippen LogP contribution is -2.12. The Labute approximate surface area is 76.4 Å². The molecule has 1 aromatic heterocycles. The summed E-state index contributed by atoms with van der Waals surface area (Å²) in [6, 6.07) is 8.05. The molecule has 0 unspecified atom stereocenters. The molecule has 1 aromatic carbocycles. The van der Waals surface area contributed by atoms with Crippen LogP contribution in [0.4, 0.5) is 0 Å². The van der Waals surface area contributed by atoms with Crippen molar-refractivity contribution < 1.29 is 5.21 Å². The summed E-state index contributed by atoms with van der Waals surface area (Å²) in [5.41, 5.74) is 4.43. The number of H-pyrrole nitrogens is 1. The Morgan fingerprint density at radius 2 is 2.23 bits per heavy atom. The second kappa shape index (κ2) is 3.20. The number of benzene rings is 1. The second-order valence-corrected chi connectivity index (χ2v) is 3.18. The van der Waals surface area contributed by atoms with Crippen LogP contribution in [0.5, 0.6) is 0 Å². The van der Waals surface area contributed by atoms with E-state index in [1.54, 1.807) is 0 Å². The lowest BCUT2D eigenvalue weighted by atomic mass is 10.1. The summed E-state index contributed by atoms with van der Waals surface area (Å²) in [6.45, 7) is 1.91. The van der Waals surface area contributed by atoms with Crippen LogP contribution in [-0.4, -0.2) is 10.2 Å². The standard InChI is InChI=1S/C10H12N2O/c1-7(12-13)8-2-3-10-9(6-8)4-5-11-10/h2-7,11-13H,1H3/t7-/m1/s1. The average Bonchev–Trinajstić information content (AvgIpc) is 2.63. The Bertz CT molecular complexity index is 408. The van der Waals surface area contributed by atoms with Gasteiger partial charge in [-0.25, -0.2) is 0 Å². The van der Waals surface area contributed by atoms with E-state index in [9.17, 15) is 0 Å². The monoisotopic (exact) mass is 176 g/mol. The van der Waals surface area contributed by atoms with Gasteiger partial charge in [0.15, 0.2) is 0 Å². The van der Waals surface area contributed by atoms with E-state index in [1.165, 1.54) is 5.39 Å². The number of hydrogen-bond donors (Lipinski definition) is 3. The van der Waals surface area contributed by atoms with Crippen molar-refractivity contribution in [3.63, 3.8) is 0 Å². The van der Waals surface area contributed by atoms with Gasteiger partial charge in [-0.15, -0.1) is 0 Å². The summed E-state index contributed by atoms with van der Waals surface area (Å²) >= 11 is 0. The summed E-state index contributed by atoms with van der Waals surface area (Å²) in [4.78, 5) is 3.12. The van der Waals surface area contributed by atoms with Gasteiger partial charge in [0.05, 0.1) is 6.04 Å². The Morgan fingerprint density at radius 1 is 1.38 bits per heavy atom. The van der Waals surface area contributed by atoms with Crippen LogP contribution in [0.25, 0.3) is 10.9 Å². The van der Waals surface area contributed by atoms with Crippen LogP contribution in [-0.2, 0) is 0 Å². The van der Waals surface area contributed by atoms with Crippen LogP contribution in [0.2, 0.25) is 0 Å². The van der Waals surface area contributed by atoms with Crippen LogP contribution in [0.3, 0.4) is 0 Å². The first-order chi connectivity index (χ1) is 6.31. The van der Waals surface area contributed by atoms with Crippen LogP contribution in [0, 0.1) is 0 Å². The zero-order chi connectivity index (χ0) is 9.26. The largest absolute Gasteiger partial charge is 0.361 e. The summed E-state index contributed by atoms with van der Waals surface area (Å²) < 4.78 is 0. The van der Waals surface area contributed by atoms with Crippen molar-refractivity contribution in [2.45, 2.75) is 13.0 Å². The molecule has 0 aliphatic carbocycles. The van der Waals surface area contributed by atoms with Crippen LogP contribution in [0.1, 0.15) is 18.5 Å². The third-order valence-electron chi connectivity index (χ3n) is 2.27. The maximum atomic E-state index is 8.75. The Morgan fingerprint density at radius 3 is 3.00 bits per heavy atom. The zero-order valence-corrected chi connectivity index (χ0v) is 7.41. The van der Waals surface area contributed by atoms with E-state index in [-0.39, 0.29) is 6.04 Å². The van der Waals surface area contributed by atoms with Crippen molar-refractivity contribution in [2.24, 2.45) is 0 Å². The van der Waals surface area contributed by atoms with Gasteiger partial charge in [0, 0.05) is 11.7 Å². The van der Waals surface area contributed by atoms with Crippen molar-refractivity contribution in [1.82, 2.24) is 10.5 Å². The van der Waals surface area contributed by atoms with Crippen molar-refractivity contribution in [2.75, 3.05) is 0 Å². The number of fused-ring (bicyclic) bond motifs is 1. The third kappa shape index (κ3) is 1.43. The van der Waals surface area contributed by atoms with Gasteiger partial charge >= 0.3 is 0 Å². The second-order valence-electron chi connectivity index (χ2n) is 3.18. The van der Waals surface area contributed by atoms with E-state index >= 15 is 0 Å². The molecule has 0 fully saturated rings. The molecule has 0 aliphatic rings. The van der Waals surface area contributed by atoms with Crippen molar-refractivity contribution in [1.29, 1.82) is 0 Å². The molecule has 0 aliphatic heterocycles. The smallest absolute Gasteiger partial charge is 0.0541 e. The summed E-state index contributed by atoms with van der Waals surface area (Å²) in [7, 11) is 0. The molecule has 2 aromatic rings. The van der Waals surface area contributed by atoms with Gasteiger partial charge in [-0.3, -0.25) is 0 Å². The first-order valence-electron chi connectivity index (χ1n) is 4.28. The van der Waals surface area contributed by atoms with Gasteiger partial charge in [0.25, 0.3) is 0 Å². The predicted octanol–water partition coefficient (Wildman–Crippen LogP) is 2.21. The molecule has 2 rings (SSSR count). The minimum atomic E-state index is -0.0284. The molecule has 1 atom stereocenters. The minimum absolute atomic E-state index is 0.0284. The number of nitrogens with one attached hydrogen (secondary N) is 2. The number of aromatic nitrogens is 1. The first-order valence-corrected chi connectivity index (χ1v) is 4.28. The Balaban J connectivity index is 2.48. The van der Waals surface area contributed by atoms with Gasteiger partial charge < -0.3 is 10.2 Å². The van der Waals surface area contributed by atoms with Crippen molar-refractivity contribution in [3.05, 3.63) is 36.0 Å². The molecule has 0 saturated carbocycles. The highest BCUT2D eigenvalue weighted by Gasteiger charge is 2.03. The van der Waals surface area contributed by atoms with Gasteiger partial charge in [0.1, 0.15) is 0 Å². The topological polar surface area (TPSA) is 48.0 Å². The van der Waals surface area contributed by atoms with E-state index in [1.807, 2.05) is 31.3 Å². The molecule has 13 heavy (non-hydrogen) atoms. The average molecular weight is 176 g/mol. The van der Waals surface area contributed by atoms with Crippen molar-refractivity contribution in [3.8, 4) is 0 Å². The highest BCUT2D eigenvalue weighted by Crippen LogP contribution is 2.18. The molecule has 3 N–H and O–H groups in total. The minimum Gasteiger partial charge on any atom is -0.361 e. The molecule has 3 heteroatoms. The lowest BCUT2D eigenvalue weighted by molar-refractivity contribution is 0.133. The molecule has 1 heterocycles. The fourth-order valence-corrected chi connectivity index (χ4v) is 1.42. The fourth-order valence-electron chi connectivity index (χ4n) is 1.42. The summed E-state index contributed by atoms with van der Waals surface area (Å²) in [5, 5.41) is 9.92. The van der Waals surface area contributed by atoms with Gasteiger partial charge in [-0.05, 0) is 36.1 Å². The molecular formula is C10H12N2O. The lowest BCUT2D eigenvalue weighted by Gasteiger charge is -2.08. The van der Waals surface area contributed by atoms with Gasteiger partial charge in [-0.1, -0.05) is 6.07 Å². The molecule has 3 nitrogen and oxygen atoms in total. The fraction of sp³-hybridized carbons (Fsp3) is 0.200. The quantitative estimate of drug-likeness (QED) is 0.614. The maximum absolute atomic E-state index is 8.75. The molecule has 0 saturated heterocycles. The van der Waals surface area contributed by atoms with Crippen molar-refractivity contribution >= 4 is 10.9 Å². The highest BCUT2D eigenvalue weighted by atomic mass is 16.5. The van der Waals surface area contributed by atoms with E-state index in [0.29, 0.717) is 0 Å². The van der Waals surface area contributed by atoms with E-state index in [2.05, 4.69) is 16.5 Å². The van der Waals surface area contributed by atoms with E-state index in [4.69, 9.17) is 5.21 Å². The number of rotatable bonds is 2. The summed E-state index contributed by atoms with van der Waals surface area (Å²) in [5.74, 6) is 0. The number of aromatic amines is 1. The maximum Gasteiger partial charge on any atom is 0.0541 e. The first kappa shape index (κ1) is 8.29. The number of hydroxylamine groups is 1. The molecule has 0 bridgehead atoms. The SMILES string of the molecule is C[C@@H](NO)c1ccc2[nH]ccc2c1. The van der Waals surface area contributed by atoms with Gasteiger partial charge in [-0.2, -0.15) is 5.48 Å². The zero-order valence-electron chi connectivity index (χ0n) is 7.41. The Hall–Kier alpha value is -1.32. The van der Waals surface area contributed by atoms with E-state index in [0.717, 1.165) is 11.1 Å². The normalized spacial score (nSPS) is 13.4. The molecule has 0 radical (unpaired) electrons. The Kier molecular flexibility index (Phi) is 2.04. The molecule has 68 valence electrons. The highest BCUT2D eigenvalue weighted by molar-refractivity contribution is 5.80. The third-order valence-corrected chi connectivity index (χ3v) is 2.27. The van der Waals surface area contributed by atoms with Gasteiger partial charge in [0.2, 0.25) is 0 Å². The van der Waals surface area contributed by atoms with Crippen LogP contribution < -0.4 is 5.48 Å². The van der Waals surface area contributed by atoms with Crippen LogP contribution in [0.15, 0.2) is 30.5 Å². The number of hydrogen-bond acceptors (Lipinski definition) is 2. The molecule has 0 spiro atoms. The van der Waals surface area contributed by atoms with Crippen LogP contribution >= 0.6 is 0 Å².